The van der Waals surface area contributed by atoms with Gasteiger partial charge in [-0.25, -0.2) is 8.78 Å². The van der Waals surface area contributed by atoms with Gasteiger partial charge in [-0.2, -0.15) is 0 Å². The number of anilines is 1. The zero-order chi connectivity index (χ0) is 10.6. The second kappa shape index (κ2) is 5.26. The van der Waals surface area contributed by atoms with Gasteiger partial charge in [-0.15, -0.1) is 0 Å². The molecule has 2 nitrogen and oxygen atoms in total. The fourth-order valence-corrected chi connectivity index (χ4v) is 1.30. The molecule has 0 saturated carbocycles. The van der Waals surface area contributed by atoms with Crippen LogP contribution in [0.5, 0.6) is 0 Å². The summed E-state index contributed by atoms with van der Waals surface area (Å²) in [4.78, 5) is 0. The van der Waals surface area contributed by atoms with Crippen molar-refractivity contribution in [3.63, 3.8) is 0 Å². The Hall–Kier alpha value is -0.680. The lowest BCUT2D eigenvalue weighted by Gasteiger charge is -2.07. The summed E-state index contributed by atoms with van der Waals surface area (Å²) >= 11 is 2.90. The smallest absolute Gasteiger partial charge is 0.147 e. The Morgan fingerprint density at radius 1 is 1.29 bits per heavy atom. The molecule has 0 aliphatic carbocycles. The molecule has 0 aliphatic rings. The summed E-state index contributed by atoms with van der Waals surface area (Å²) in [5, 5.41) is 2.77. The van der Waals surface area contributed by atoms with Crippen molar-refractivity contribution in [1.82, 2.24) is 0 Å². The fourth-order valence-electron chi connectivity index (χ4n) is 0.983. The van der Waals surface area contributed by atoms with Gasteiger partial charge < -0.3 is 11.1 Å². The largest absolute Gasteiger partial charge is 0.383 e. The van der Waals surface area contributed by atoms with E-state index in [1.807, 2.05) is 0 Å². The van der Waals surface area contributed by atoms with E-state index < -0.39 is 11.6 Å². The van der Waals surface area contributed by atoms with Crippen LogP contribution in [-0.2, 0) is 0 Å². The lowest BCUT2D eigenvalue weighted by Crippen LogP contribution is -2.09. The molecule has 1 rings (SSSR count). The molecule has 14 heavy (non-hydrogen) atoms. The molecule has 0 heterocycles. The molecule has 3 N–H and O–H groups in total. The van der Waals surface area contributed by atoms with Crippen LogP contribution in [0, 0.1) is 11.6 Å². The molecular formula is C9H11BrF2N2. The topological polar surface area (TPSA) is 38.0 Å². The maximum Gasteiger partial charge on any atom is 0.147 e. The summed E-state index contributed by atoms with van der Waals surface area (Å²) in [5.74, 6) is -0.961. The predicted molar refractivity (Wildman–Crippen MR) is 56.2 cm³/mol. The van der Waals surface area contributed by atoms with E-state index in [0.717, 1.165) is 18.6 Å². The molecule has 78 valence electrons. The van der Waals surface area contributed by atoms with Crippen LogP contribution >= 0.6 is 15.9 Å². The number of rotatable bonds is 4. The van der Waals surface area contributed by atoms with Gasteiger partial charge in [0.15, 0.2) is 0 Å². The van der Waals surface area contributed by atoms with Gasteiger partial charge in [-0.3, -0.25) is 0 Å². The van der Waals surface area contributed by atoms with Crippen molar-refractivity contribution in [2.24, 2.45) is 5.73 Å². The summed E-state index contributed by atoms with van der Waals surface area (Å²) in [6.07, 6.45) is 0.719. The standard InChI is InChI=1S/C9H11BrF2N2/c10-6-4-8(12)9(5-7(6)11)14-3-1-2-13/h4-5,14H,1-3,13H2. The first-order valence-corrected chi connectivity index (χ1v) is 5.03. The summed E-state index contributed by atoms with van der Waals surface area (Å²) in [7, 11) is 0. The lowest BCUT2D eigenvalue weighted by atomic mass is 10.3. The predicted octanol–water partition coefficient (Wildman–Crippen LogP) is 2.49. The van der Waals surface area contributed by atoms with Crippen LogP contribution in [0.1, 0.15) is 6.42 Å². The SMILES string of the molecule is NCCCNc1cc(F)c(Br)cc1F. The third kappa shape index (κ3) is 2.92. The van der Waals surface area contributed by atoms with Crippen LogP contribution in [0.15, 0.2) is 16.6 Å². The van der Waals surface area contributed by atoms with E-state index in [4.69, 9.17) is 5.73 Å². The summed E-state index contributed by atoms with van der Waals surface area (Å²) in [6, 6.07) is 2.22. The second-order valence-electron chi connectivity index (χ2n) is 2.82. The van der Waals surface area contributed by atoms with Crippen LogP contribution in [0.3, 0.4) is 0 Å². The Balaban J connectivity index is 2.72. The molecule has 0 unspecified atom stereocenters. The molecule has 1 aromatic rings. The van der Waals surface area contributed by atoms with Crippen LogP contribution in [0.4, 0.5) is 14.5 Å². The average molecular weight is 265 g/mol. The van der Waals surface area contributed by atoms with Gasteiger partial charge in [-0.1, -0.05) is 0 Å². The van der Waals surface area contributed by atoms with Gasteiger partial charge in [0.2, 0.25) is 0 Å². The Labute approximate surface area is 89.6 Å². The summed E-state index contributed by atoms with van der Waals surface area (Å²) < 4.78 is 26.3. The minimum absolute atomic E-state index is 0.124. The van der Waals surface area contributed by atoms with Gasteiger partial charge in [-0.05, 0) is 35.0 Å². The van der Waals surface area contributed by atoms with Crippen molar-refractivity contribution in [3.05, 3.63) is 28.2 Å². The Bertz CT molecular complexity index is 318. The third-order valence-corrected chi connectivity index (χ3v) is 2.31. The minimum atomic E-state index is -0.485. The van der Waals surface area contributed by atoms with Gasteiger partial charge in [0.25, 0.3) is 0 Å². The molecule has 1 aromatic carbocycles. The monoisotopic (exact) mass is 264 g/mol. The average Bonchev–Trinajstić information content (AvgIpc) is 2.14. The second-order valence-corrected chi connectivity index (χ2v) is 3.67. The number of hydrogen-bond donors (Lipinski definition) is 2. The van der Waals surface area contributed by atoms with Crippen LogP contribution in [0.25, 0.3) is 0 Å². The quantitative estimate of drug-likeness (QED) is 0.648. The molecule has 0 aromatic heterocycles. The van der Waals surface area contributed by atoms with Crippen molar-refractivity contribution >= 4 is 21.6 Å². The third-order valence-electron chi connectivity index (χ3n) is 1.71. The summed E-state index contributed by atoms with van der Waals surface area (Å²) in [5.41, 5.74) is 5.44. The fraction of sp³-hybridized carbons (Fsp3) is 0.333. The number of hydrogen-bond acceptors (Lipinski definition) is 2. The zero-order valence-corrected chi connectivity index (χ0v) is 9.07. The summed E-state index contributed by atoms with van der Waals surface area (Å²) in [6.45, 7) is 1.06. The van der Waals surface area contributed by atoms with E-state index in [-0.39, 0.29) is 10.2 Å². The minimum Gasteiger partial charge on any atom is -0.383 e. The zero-order valence-electron chi connectivity index (χ0n) is 7.49. The first kappa shape index (κ1) is 11.4. The van der Waals surface area contributed by atoms with E-state index >= 15 is 0 Å². The number of benzene rings is 1. The Kier molecular flexibility index (Phi) is 4.28. The van der Waals surface area contributed by atoms with Crippen LogP contribution < -0.4 is 11.1 Å². The van der Waals surface area contributed by atoms with E-state index in [1.54, 1.807) is 0 Å². The molecule has 0 amide bonds. The van der Waals surface area contributed by atoms with Gasteiger partial charge in [0, 0.05) is 12.6 Å². The van der Waals surface area contributed by atoms with E-state index in [0.29, 0.717) is 13.1 Å². The molecule has 0 bridgehead atoms. The van der Waals surface area contributed by atoms with Crippen molar-refractivity contribution in [2.45, 2.75) is 6.42 Å². The van der Waals surface area contributed by atoms with Crippen LogP contribution in [-0.4, -0.2) is 13.1 Å². The van der Waals surface area contributed by atoms with Gasteiger partial charge >= 0.3 is 0 Å². The van der Waals surface area contributed by atoms with Crippen molar-refractivity contribution < 1.29 is 8.78 Å². The maximum atomic E-state index is 13.2. The van der Waals surface area contributed by atoms with Crippen molar-refractivity contribution in [1.29, 1.82) is 0 Å². The molecule has 0 saturated heterocycles. The highest BCUT2D eigenvalue weighted by Crippen LogP contribution is 2.23. The molecule has 0 spiro atoms. The molecule has 5 heteroatoms. The van der Waals surface area contributed by atoms with E-state index in [2.05, 4.69) is 21.2 Å². The van der Waals surface area contributed by atoms with Gasteiger partial charge in [0.05, 0.1) is 10.2 Å². The molecular weight excluding hydrogens is 254 g/mol. The Morgan fingerprint density at radius 2 is 2.00 bits per heavy atom. The molecule has 0 aliphatic heterocycles. The number of nitrogens with one attached hydrogen (secondary N) is 1. The highest BCUT2D eigenvalue weighted by Gasteiger charge is 2.06. The van der Waals surface area contributed by atoms with E-state index in [1.165, 1.54) is 0 Å². The normalized spacial score (nSPS) is 10.3. The maximum absolute atomic E-state index is 13.2. The first-order valence-electron chi connectivity index (χ1n) is 4.23. The molecule has 0 fully saturated rings. The molecule has 0 radical (unpaired) electrons. The van der Waals surface area contributed by atoms with Gasteiger partial charge in [0.1, 0.15) is 11.6 Å². The number of nitrogens with two attached hydrogens (primary N) is 1. The highest BCUT2D eigenvalue weighted by atomic mass is 79.9. The van der Waals surface area contributed by atoms with E-state index in [9.17, 15) is 8.78 Å². The highest BCUT2D eigenvalue weighted by molar-refractivity contribution is 9.10. The lowest BCUT2D eigenvalue weighted by molar-refractivity contribution is 0.596. The van der Waals surface area contributed by atoms with Crippen molar-refractivity contribution in [3.8, 4) is 0 Å². The van der Waals surface area contributed by atoms with Crippen molar-refractivity contribution in [2.75, 3.05) is 18.4 Å². The molecule has 0 atom stereocenters. The van der Waals surface area contributed by atoms with Crippen LogP contribution in [0.2, 0.25) is 0 Å². The Morgan fingerprint density at radius 3 is 2.64 bits per heavy atom. The first-order chi connectivity index (χ1) is 6.65. The number of halogens is 3.